The molecule has 0 radical (unpaired) electrons. The quantitative estimate of drug-likeness (QED) is 0.786. The molecule has 0 aliphatic rings. The van der Waals surface area contributed by atoms with E-state index in [0.717, 1.165) is 21.7 Å². The molecule has 0 fully saturated rings. The van der Waals surface area contributed by atoms with Crippen LogP contribution in [0.3, 0.4) is 0 Å². The molecule has 0 saturated heterocycles. The number of nitrogens with one attached hydrogen (secondary N) is 1. The molecule has 0 atom stereocenters. The molecule has 102 valence electrons. The van der Waals surface area contributed by atoms with E-state index in [1.807, 2.05) is 24.4 Å². The van der Waals surface area contributed by atoms with Gasteiger partial charge in [-0.1, -0.05) is 32.4 Å². The molecule has 19 heavy (non-hydrogen) atoms. The molecule has 0 amide bonds. The number of benzene rings is 1. The third-order valence-corrected chi connectivity index (χ3v) is 4.89. The van der Waals surface area contributed by atoms with Crippen molar-refractivity contribution < 1.29 is 0 Å². The molecule has 1 aromatic heterocycles. The SMILES string of the molecule is CC(C)(C)c1ncc(CNc2ccc(Cl)cc2Br)s1. The Labute approximate surface area is 131 Å². The van der Waals surface area contributed by atoms with Gasteiger partial charge < -0.3 is 5.32 Å². The first-order valence-corrected chi connectivity index (χ1v) is 7.99. The number of hydrogen-bond acceptors (Lipinski definition) is 3. The van der Waals surface area contributed by atoms with E-state index in [4.69, 9.17) is 11.6 Å². The zero-order valence-corrected chi connectivity index (χ0v) is 14.3. The Morgan fingerprint density at radius 2 is 2.11 bits per heavy atom. The fourth-order valence-electron chi connectivity index (χ4n) is 1.55. The summed E-state index contributed by atoms with van der Waals surface area (Å²) < 4.78 is 0.973. The Balaban J connectivity index is 2.04. The number of thiazole rings is 1. The van der Waals surface area contributed by atoms with Crippen molar-refractivity contribution >= 4 is 44.6 Å². The second kappa shape index (κ2) is 5.81. The molecule has 0 unspecified atom stereocenters. The second-order valence-electron chi connectivity index (χ2n) is 5.36. The Bertz CT molecular complexity index is 575. The average Bonchev–Trinajstić information content (AvgIpc) is 2.76. The summed E-state index contributed by atoms with van der Waals surface area (Å²) in [6.45, 7) is 7.31. The number of rotatable bonds is 3. The maximum Gasteiger partial charge on any atom is 0.0981 e. The summed E-state index contributed by atoms with van der Waals surface area (Å²) in [4.78, 5) is 5.71. The van der Waals surface area contributed by atoms with Crippen molar-refractivity contribution in [3.63, 3.8) is 0 Å². The number of hydrogen-bond donors (Lipinski definition) is 1. The Morgan fingerprint density at radius 1 is 1.37 bits per heavy atom. The Morgan fingerprint density at radius 3 is 2.68 bits per heavy atom. The first-order chi connectivity index (χ1) is 8.86. The van der Waals surface area contributed by atoms with Crippen LogP contribution in [-0.2, 0) is 12.0 Å². The maximum absolute atomic E-state index is 5.92. The summed E-state index contributed by atoms with van der Waals surface area (Å²) >= 11 is 11.2. The van der Waals surface area contributed by atoms with E-state index < -0.39 is 0 Å². The lowest BCUT2D eigenvalue weighted by Gasteiger charge is -2.13. The van der Waals surface area contributed by atoms with Gasteiger partial charge in [0.1, 0.15) is 0 Å². The van der Waals surface area contributed by atoms with Crippen molar-refractivity contribution in [2.24, 2.45) is 0 Å². The van der Waals surface area contributed by atoms with E-state index in [-0.39, 0.29) is 5.41 Å². The molecular formula is C14H16BrClN2S. The van der Waals surface area contributed by atoms with Gasteiger partial charge in [0.2, 0.25) is 0 Å². The van der Waals surface area contributed by atoms with Gasteiger partial charge in [0.15, 0.2) is 0 Å². The van der Waals surface area contributed by atoms with Gasteiger partial charge in [-0.25, -0.2) is 4.98 Å². The van der Waals surface area contributed by atoms with Crippen molar-refractivity contribution in [2.75, 3.05) is 5.32 Å². The zero-order chi connectivity index (χ0) is 14.0. The van der Waals surface area contributed by atoms with Gasteiger partial charge >= 0.3 is 0 Å². The Hall–Kier alpha value is -0.580. The van der Waals surface area contributed by atoms with Crippen molar-refractivity contribution in [3.05, 3.63) is 43.8 Å². The molecule has 1 N–H and O–H groups in total. The van der Waals surface area contributed by atoms with E-state index in [1.165, 1.54) is 9.88 Å². The van der Waals surface area contributed by atoms with Crippen molar-refractivity contribution in [1.29, 1.82) is 0 Å². The summed E-state index contributed by atoms with van der Waals surface area (Å²) in [6.07, 6.45) is 1.95. The van der Waals surface area contributed by atoms with Crippen LogP contribution in [-0.4, -0.2) is 4.98 Å². The largest absolute Gasteiger partial charge is 0.379 e. The standard InChI is InChI=1S/C14H16BrClN2S/c1-14(2,3)13-18-8-10(19-13)7-17-12-5-4-9(16)6-11(12)15/h4-6,8,17H,7H2,1-3H3. The van der Waals surface area contributed by atoms with Crippen LogP contribution >= 0.6 is 38.9 Å². The topological polar surface area (TPSA) is 24.9 Å². The van der Waals surface area contributed by atoms with E-state index in [0.29, 0.717) is 0 Å². The van der Waals surface area contributed by atoms with Crippen LogP contribution in [0.4, 0.5) is 5.69 Å². The van der Waals surface area contributed by atoms with E-state index in [2.05, 4.69) is 47.0 Å². The fraction of sp³-hybridized carbons (Fsp3) is 0.357. The summed E-state index contributed by atoms with van der Waals surface area (Å²) in [5, 5.41) is 5.28. The Kier molecular flexibility index (Phi) is 4.54. The molecule has 1 heterocycles. The highest BCUT2D eigenvalue weighted by atomic mass is 79.9. The molecular weight excluding hydrogens is 344 g/mol. The van der Waals surface area contributed by atoms with E-state index >= 15 is 0 Å². The molecule has 0 aliphatic heterocycles. The van der Waals surface area contributed by atoms with Gasteiger partial charge in [-0.05, 0) is 34.1 Å². The molecule has 2 aromatic rings. The van der Waals surface area contributed by atoms with Crippen LogP contribution in [0.2, 0.25) is 5.02 Å². The third kappa shape index (κ3) is 3.94. The average molecular weight is 360 g/mol. The highest BCUT2D eigenvalue weighted by Gasteiger charge is 2.17. The summed E-state index contributed by atoms with van der Waals surface area (Å²) in [6, 6.07) is 5.73. The van der Waals surface area contributed by atoms with Crippen LogP contribution < -0.4 is 5.32 Å². The predicted molar refractivity (Wildman–Crippen MR) is 87.3 cm³/mol. The number of halogens is 2. The lowest BCUT2D eigenvalue weighted by atomic mass is 9.98. The van der Waals surface area contributed by atoms with Crippen LogP contribution in [0.15, 0.2) is 28.9 Å². The maximum atomic E-state index is 5.92. The summed E-state index contributed by atoms with van der Waals surface area (Å²) in [5.41, 5.74) is 1.15. The van der Waals surface area contributed by atoms with Crippen LogP contribution in [0, 0.1) is 0 Å². The lowest BCUT2D eigenvalue weighted by molar-refractivity contribution is 0.585. The lowest BCUT2D eigenvalue weighted by Crippen LogP contribution is -2.09. The molecule has 0 bridgehead atoms. The van der Waals surface area contributed by atoms with Crippen LogP contribution in [0.1, 0.15) is 30.7 Å². The number of anilines is 1. The van der Waals surface area contributed by atoms with Gasteiger partial charge in [0.25, 0.3) is 0 Å². The molecule has 2 rings (SSSR count). The zero-order valence-electron chi connectivity index (χ0n) is 11.1. The molecule has 0 saturated carbocycles. The highest BCUT2D eigenvalue weighted by molar-refractivity contribution is 9.10. The first kappa shape index (κ1) is 14.8. The monoisotopic (exact) mass is 358 g/mol. The minimum Gasteiger partial charge on any atom is -0.379 e. The molecule has 5 heteroatoms. The third-order valence-electron chi connectivity index (χ3n) is 2.58. The normalized spacial score (nSPS) is 11.6. The molecule has 0 spiro atoms. The van der Waals surface area contributed by atoms with Crippen molar-refractivity contribution in [3.8, 4) is 0 Å². The van der Waals surface area contributed by atoms with Gasteiger partial charge in [-0.15, -0.1) is 11.3 Å². The van der Waals surface area contributed by atoms with Crippen molar-refractivity contribution in [2.45, 2.75) is 32.7 Å². The molecule has 2 nitrogen and oxygen atoms in total. The minimum absolute atomic E-state index is 0.115. The van der Waals surface area contributed by atoms with Crippen molar-refractivity contribution in [1.82, 2.24) is 4.98 Å². The summed E-state index contributed by atoms with van der Waals surface area (Å²) in [5.74, 6) is 0. The smallest absolute Gasteiger partial charge is 0.0981 e. The number of aromatic nitrogens is 1. The first-order valence-electron chi connectivity index (χ1n) is 6.00. The van der Waals surface area contributed by atoms with Gasteiger partial charge in [-0.2, -0.15) is 0 Å². The predicted octanol–water partition coefficient (Wildman–Crippen LogP) is 5.47. The minimum atomic E-state index is 0.115. The van der Waals surface area contributed by atoms with Crippen LogP contribution in [0.25, 0.3) is 0 Å². The second-order valence-corrected chi connectivity index (χ2v) is 7.77. The summed E-state index contributed by atoms with van der Waals surface area (Å²) in [7, 11) is 0. The van der Waals surface area contributed by atoms with E-state index in [9.17, 15) is 0 Å². The number of nitrogens with zero attached hydrogens (tertiary/aromatic N) is 1. The van der Waals surface area contributed by atoms with Gasteiger partial charge in [0, 0.05) is 31.7 Å². The molecule has 0 aliphatic carbocycles. The highest BCUT2D eigenvalue weighted by Crippen LogP contribution is 2.29. The fourth-order valence-corrected chi connectivity index (χ4v) is 3.28. The van der Waals surface area contributed by atoms with Gasteiger partial charge in [0.05, 0.1) is 11.6 Å². The molecule has 1 aromatic carbocycles. The van der Waals surface area contributed by atoms with Crippen LogP contribution in [0.5, 0.6) is 0 Å². The van der Waals surface area contributed by atoms with Gasteiger partial charge in [-0.3, -0.25) is 0 Å². The van der Waals surface area contributed by atoms with E-state index in [1.54, 1.807) is 11.3 Å².